The first-order valence-electron chi connectivity index (χ1n) is 13.8. The van der Waals surface area contributed by atoms with Crippen LogP contribution in [0.15, 0.2) is 42.5 Å². The summed E-state index contributed by atoms with van der Waals surface area (Å²) in [7, 11) is 3.19. The molecule has 214 valence electrons. The zero-order valence-electron chi connectivity index (χ0n) is 23.2. The molecule has 0 saturated carbocycles. The van der Waals surface area contributed by atoms with E-state index in [0.717, 1.165) is 63.4 Å². The largest absolute Gasteiger partial charge is 0.493 e. The lowest BCUT2D eigenvalue weighted by molar-refractivity contribution is 0.0115. The van der Waals surface area contributed by atoms with Gasteiger partial charge in [0.15, 0.2) is 28.7 Å². The van der Waals surface area contributed by atoms with Crippen LogP contribution in [0.1, 0.15) is 18.4 Å². The van der Waals surface area contributed by atoms with Gasteiger partial charge in [0.05, 0.1) is 27.4 Å². The summed E-state index contributed by atoms with van der Waals surface area (Å²) in [6.45, 7) is 5.65. The van der Waals surface area contributed by atoms with Crippen molar-refractivity contribution in [1.29, 1.82) is 0 Å². The predicted octanol–water partition coefficient (Wildman–Crippen LogP) is 3.55. The molecule has 41 heavy (non-hydrogen) atoms. The molecule has 2 saturated heterocycles. The molecule has 2 aliphatic heterocycles. The van der Waals surface area contributed by atoms with Crippen molar-refractivity contribution in [2.24, 2.45) is 0 Å². The van der Waals surface area contributed by atoms with Crippen LogP contribution in [0.25, 0.3) is 22.6 Å². The van der Waals surface area contributed by atoms with Gasteiger partial charge in [-0.2, -0.15) is 9.97 Å². The van der Waals surface area contributed by atoms with Crippen LogP contribution in [-0.4, -0.2) is 89.7 Å². The van der Waals surface area contributed by atoms with E-state index in [2.05, 4.69) is 30.3 Å². The highest BCUT2D eigenvalue weighted by atomic mass is 19.1. The summed E-state index contributed by atoms with van der Waals surface area (Å²) in [5, 5.41) is 12.1. The van der Waals surface area contributed by atoms with Gasteiger partial charge >= 0.3 is 0 Å². The first kappa shape index (κ1) is 27.0. The van der Waals surface area contributed by atoms with Gasteiger partial charge in [-0.05, 0) is 48.7 Å². The Hall–Kier alpha value is -4.16. The van der Waals surface area contributed by atoms with Crippen LogP contribution >= 0.6 is 0 Å². The van der Waals surface area contributed by atoms with Gasteiger partial charge in [-0.25, -0.2) is 9.37 Å². The Bertz CT molecular complexity index is 1490. The summed E-state index contributed by atoms with van der Waals surface area (Å²) >= 11 is 0. The number of benzene rings is 2. The molecule has 0 radical (unpaired) electrons. The van der Waals surface area contributed by atoms with Crippen molar-refractivity contribution in [2.45, 2.75) is 25.4 Å². The quantitative estimate of drug-likeness (QED) is 0.342. The molecule has 11 nitrogen and oxygen atoms in total. The van der Waals surface area contributed by atoms with Crippen molar-refractivity contribution in [1.82, 2.24) is 30.0 Å². The van der Waals surface area contributed by atoms with E-state index in [0.29, 0.717) is 52.8 Å². The molecule has 2 aromatic carbocycles. The summed E-state index contributed by atoms with van der Waals surface area (Å²) < 4.78 is 29.8. The van der Waals surface area contributed by atoms with Crippen molar-refractivity contribution in [3.05, 3.63) is 53.8 Å². The third kappa shape index (κ3) is 5.98. The third-order valence-corrected chi connectivity index (χ3v) is 7.64. The third-order valence-electron chi connectivity index (χ3n) is 7.64. The number of morpholine rings is 1. The molecule has 0 bridgehead atoms. The average molecular weight is 561 g/mol. The van der Waals surface area contributed by atoms with E-state index >= 15 is 0 Å². The van der Waals surface area contributed by atoms with E-state index in [4.69, 9.17) is 24.2 Å². The van der Waals surface area contributed by atoms with E-state index in [-0.39, 0.29) is 5.82 Å². The number of aromatic nitrogens is 5. The molecule has 0 aliphatic carbocycles. The number of hydrogen-bond donors (Lipinski definition) is 1. The Morgan fingerprint density at radius 2 is 1.66 bits per heavy atom. The van der Waals surface area contributed by atoms with E-state index in [1.165, 1.54) is 12.1 Å². The fourth-order valence-corrected chi connectivity index (χ4v) is 5.39. The van der Waals surface area contributed by atoms with Crippen LogP contribution in [0, 0.1) is 5.82 Å². The zero-order valence-corrected chi connectivity index (χ0v) is 23.2. The minimum absolute atomic E-state index is 0.273. The molecular formula is C29H33FN8O3. The smallest absolute Gasteiger partial charge is 0.227 e. The number of rotatable bonds is 8. The highest BCUT2D eigenvalue weighted by molar-refractivity contribution is 5.85. The first-order chi connectivity index (χ1) is 20.1. The fourth-order valence-electron chi connectivity index (χ4n) is 5.39. The molecule has 0 atom stereocenters. The Morgan fingerprint density at radius 3 is 2.39 bits per heavy atom. The van der Waals surface area contributed by atoms with E-state index in [1.807, 2.05) is 18.2 Å². The van der Waals surface area contributed by atoms with Crippen LogP contribution in [0.5, 0.6) is 11.5 Å². The number of methoxy groups -OCH3 is 2. The van der Waals surface area contributed by atoms with Gasteiger partial charge in [0, 0.05) is 44.3 Å². The van der Waals surface area contributed by atoms with Crippen LogP contribution in [0.2, 0.25) is 0 Å². The number of ether oxygens (including phenoxy) is 3. The molecule has 2 aliphatic rings. The number of nitrogens with one attached hydrogen (secondary N) is 1. The van der Waals surface area contributed by atoms with Gasteiger partial charge in [0.2, 0.25) is 11.6 Å². The predicted molar refractivity (Wildman–Crippen MR) is 153 cm³/mol. The Kier molecular flexibility index (Phi) is 8.01. The molecule has 12 heteroatoms. The van der Waals surface area contributed by atoms with Crippen LogP contribution in [-0.2, 0) is 11.3 Å². The molecule has 6 rings (SSSR count). The molecule has 2 fully saturated rings. The van der Waals surface area contributed by atoms with E-state index in [1.54, 1.807) is 26.4 Å². The standard InChI is InChI=1S/C29H33FN8O3/c1-39-23-8-5-20(17-24(23)40-2)26-32-25-27(36-35-26)33-29(31-18-19-3-6-21(30)7-4-19)34-28(25)38-11-9-22(10-12-38)37-13-15-41-16-14-37/h3-8,17,22H,9-16,18H2,1-2H3,(H,31,33,34,36). The second-order valence-electron chi connectivity index (χ2n) is 10.1. The molecule has 4 heterocycles. The lowest BCUT2D eigenvalue weighted by Crippen LogP contribution is -2.49. The number of anilines is 2. The van der Waals surface area contributed by atoms with Crippen molar-refractivity contribution in [2.75, 3.05) is 63.8 Å². The van der Waals surface area contributed by atoms with Crippen LogP contribution in [0.4, 0.5) is 16.2 Å². The fraction of sp³-hybridized carbons (Fsp3) is 0.414. The summed E-state index contributed by atoms with van der Waals surface area (Å²) in [6, 6.07) is 12.4. The minimum Gasteiger partial charge on any atom is -0.493 e. The highest BCUT2D eigenvalue weighted by Crippen LogP contribution is 2.33. The van der Waals surface area contributed by atoms with Gasteiger partial charge in [0.1, 0.15) is 5.82 Å². The number of piperidine rings is 1. The lowest BCUT2D eigenvalue weighted by Gasteiger charge is -2.40. The highest BCUT2D eigenvalue weighted by Gasteiger charge is 2.28. The number of hydrogen-bond acceptors (Lipinski definition) is 11. The molecular weight excluding hydrogens is 527 g/mol. The number of nitrogens with zero attached hydrogens (tertiary/aromatic N) is 7. The van der Waals surface area contributed by atoms with Crippen molar-refractivity contribution in [3.63, 3.8) is 0 Å². The maximum atomic E-state index is 13.4. The molecule has 0 amide bonds. The Morgan fingerprint density at radius 1 is 0.902 bits per heavy atom. The van der Waals surface area contributed by atoms with Crippen molar-refractivity contribution >= 4 is 22.9 Å². The monoisotopic (exact) mass is 560 g/mol. The maximum absolute atomic E-state index is 13.4. The van der Waals surface area contributed by atoms with Crippen LogP contribution < -0.4 is 19.7 Å². The lowest BCUT2D eigenvalue weighted by atomic mass is 10.0. The summed E-state index contributed by atoms with van der Waals surface area (Å²) in [5.41, 5.74) is 2.64. The van der Waals surface area contributed by atoms with Crippen molar-refractivity contribution < 1.29 is 18.6 Å². The van der Waals surface area contributed by atoms with Gasteiger partial charge in [-0.3, -0.25) is 4.90 Å². The normalized spacial score (nSPS) is 16.6. The van der Waals surface area contributed by atoms with Gasteiger partial charge < -0.3 is 24.4 Å². The minimum atomic E-state index is -0.273. The summed E-state index contributed by atoms with van der Waals surface area (Å²) in [5.74, 6) is 2.50. The van der Waals surface area contributed by atoms with E-state index in [9.17, 15) is 4.39 Å². The molecule has 0 spiro atoms. The molecule has 1 N–H and O–H groups in total. The Labute approximate surface area is 237 Å². The topological polar surface area (TPSA) is 111 Å². The van der Waals surface area contributed by atoms with Gasteiger partial charge in [-0.15, -0.1) is 10.2 Å². The maximum Gasteiger partial charge on any atom is 0.227 e. The second kappa shape index (κ2) is 12.1. The average Bonchev–Trinajstić information content (AvgIpc) is 3.04. The number of halogens is 1. The first-order valence-corrected chi connectivity index (χ1v) is 13.8. The summed E-state index contributed by atoms with van der Waals surface area (Å²) in [4.78, 5) is 19.2. The molecule has 4 aromatic rings. The van der Waals surface area contributed by atoms with Gasteiger partial charge in [-0.1, -0.05) is 12.1 Å². The second-order valence-corrected chi connectivity index (χ2v) is 10.1. The SMILES string of the molecule is COc1ccc(-c2nnc3nc(NCc4ccc(F)cc4)nc(N4CCC(N5CCOCC5)CC4)c3n2)cc1OC. The van der Waals surface area contributed by atoms with Gasteiger partial charge in [0.25, 0.3) is 0 Å². The van der Waals surface area contributed by atoms with Crippen LogP contribution in [0.3, 0.4) is 0 Å². The van der Waals surface area contributed by atoms with Crippen molar-refractivity contribution in [3.8, 4) is 22.9 Å². The number of fused-ring (bicyclic) bond motifs is 1. The molecule has 2 aromatic heterocycles. The Balaban J connectivity index is 1.32. The zero-order chi connectivity index (χ0) is 28.2. The van der Waals surface area contributed by atoms with E-state index < -0.39 is 0 Å². The summed E-state index contributed by atoms with van der Waals surface area (Å²) in [6.07, 6.45) is 2.04. The molecule has 0 unspecified atom stereocenters.